The third kappa shape index (κ3) is 5.08. The van der Waals surface area contributed by atoms with Crippen LogP contribution in [-0.2, 0) is 15.4 Å². The average Bonchev–Trinajstić information content (AvgIpc) is 2.56. The van der Waals surface area contributed by atoms with Crippen LogP contribution in [-0.4, -0.2) is 20.1 Å². The quantitative estimate of drug-likeness (QED) is 0.819. The van der Waals surface area contributed by atoms with Crippen molar-refractivity contribution in [2.45, 2.75) is 40.0 Å². The van der Waals surface area contributed by atoms with Crippen molar-refractivity contribution in [2.24, 2.45) is 0 Å². The number of benzene rings is 2. The number of rotatable bonds is 5. The van der Waals surface area contributed by atoms with Crippen molar-refractivity contribution >= 4 is 27.3 Å². The van der Waals surface area contributed by atoms with Gasteiger partial charge in [0.1, 0.15) is 0 Å². The van der Waals surface area contributed by atoms with Gasteiger partial charge in [-0.1, -0.05) is 32.9 Å². The molecule has 0 aliphatic rings. The Labute approximate surface area is 155 Å². The summed E-state index contributed by atoms with van der Waals surface area (Å²) in [4.78, 5) is 12.4. The number of carbonyl (C=O) groups excluding carboxylic acids is 1. The smallest absolute Gasteiger partial charge is 0.255 e. The molecule has 0 atom stereocenters. The van der Waals surface area contributed by atoms with E-state index in [0.717, 1.165) is 11.1 Å². The summed E-state index contributed by atoms with van der Waals surface area (Å²) in [6.07, 6.45) is 0. The summed E-state index contributed by atoms with van der Waals surface area (Å²) in [7, 11) is -3.33. The molecule has 5 nitrogen and oxygen atoms in total. The number of anilines is 2. The van der Waals surface area contributed by atoms with Crippen LogP contribution in [0.25, 0.3) is 0 Å². The predicted octanol–water partition coefficient (Wildman–Crippen LogP) is 4.31. The molecule has 2 aromatic rings. The van der Waals surface area contributed by atoms with E-state index in [4.69, 9.17) is 0 Å². The average molecular weight is 375 g/mol. The van der Waals surface area contributed by atoms with E-state index < -0.39 is 10.0 Å². The van der Waals surface area contributed by atoms with Gasteiger partial charge < -0.3 is 5.32 Å². The summed E-state index contributed by atoms with van der Waals surface area (Å²) in [5.74, 6) is -0.193. The van der Waals surface area contributed by atoms with Crippen LogP contribution < -0.4 is 10.0 Å². The standard InChI is InChI=1S/C20H26N2O3S/c1-6-26(24,25)22-18-12-11-17(13-14(18)2)21-19(23)15-7-9-16(10-8-15)20(3,4)5/h7-13,22H,6H2,1-5H3,(H,21,23). The second kappa shape index (κ2) is 7.50. The van der Waals surface area contributed by atoms with Gasteiger partial charge in [0.15, 0.2) is 0 Å². The zero-order chi connectivity index (χ0) is 19.5. The molecule has 1 amide bonds. The molecular formula is C20H26N2O3S. The van der Waals surface area contributed by atoms with E-state index in [2.05, 4.69) is 30.8 Å². The lowest BCUT2D eigenvalue weighted by Gasteiger charge is -2.19. The van der Waals surface area contributed by atoms with E-state index in [1.807, 2.05) is 24.3 Å². The van der Waals surface area contributed by atoms with E-state index in [0.29, 0.717) is 16.9 Å². The molecule has 2 rings (SSSR count). The van der Waals surface area contributed by atoms with Crippen LogP contribution in [0, 0.1) is 6.92 Å². The minimum atomic E-state index is -3.33. The molecule has 0 aliphatic carbocycles. The summed E-state index contributed by atoms with van der Waals surface area (Å²) >= 11 is 0. The summed E-state index contributed by atoms with van der Waals surface area (Å²) in [6.45, 7) is 9.75. The number of aryl methyl sites for hydroxylation is 1. The van der Waals surface area contributed by atoms with E-state index >= 15 is 0 Å². The monoisotopic (exact) mass is 374 g/mol. The number of nitrogens with one attached hydrogen (secondary N) is 2. The molecule has 0 aromatic heterocycles. The van der Waals surface area contributed by atoms with Crippen LogP contribution >= 0.6 is 0 Å². The van der Waals surface area contributed by atoms with Crippen molar-refractivity contribution in [1.82, 2.24) is 0 Å². The van der Waals surface area contributed by atoms with Crippen molar-refractivity contribution in [3.63, 3.8) is 0 Å². The normalized spacial score (nSPS) is 11.9. The van der Waals surface area contributed by atoms with Gasteiger partial charge in [-0.3, -0.25) is 9.52 Å². The van der Waals surface area contributed by atoms with Crippen molar-refractivity contribution in [2.75, 3.05) is 15.8 Å². The SMILES string of the molecule is CCS(=O)(=O)Nc1ccc(NC(=O)c2ccc(C(C)(C)C)cc2)cc1C. The number of sulfonamides is 1. The molecule has 2 aromatic carbocycles. The zero-order valence-electron chi connectivity index (χ0n) is 15.9. The van der Waals surface area contributed by atoms with Gasteiger partial charge in [-0.2, -0.15) is 0 Å². The highest BCUT2D eigenvalue weighted by Gasteiger charge is 2.15. The molecule has 0 aliphatic heterocycles. The fraction of sp³-hybridized carbons (Fsp3) is 0.350. The highest BCUT2D eigenvalue weighted by atomic mass is 32.2. The lowest BCUT2D eigenvalue weighted by Crippen LogP contribution is -2.16. The van der Waals surface area contributed by atoms with Crippen LogP contribution in [0.15, 0.2) is 42.5 Å². The molecule has 6 heteroatoms. The maximum atomic E-state index is 12.4. The summed E-state index contributed by atoms with van der Waals surface area (Å²) < 4.78 is 25.9. The van der Waals surface area contributed by atoms with Crippen molar-refractivity contribution in [3.8, 4) is 0 Å². The van der Waals surface area contributed by atoms with Gasteiger partial charge in [0, 0.05) is 11.3 Å². The molecule has 0 bridgehead atoms. The third-order valence-corrected chi connectivity index (χ3v) is 5.43. The topological polar surface area (TPSA) is 75.3 Å². The van der Waals surface area contributed by atoms with E-state index in [1.165, 1.54) is 0 Å². The van der Waals surface area contributed by atoms with Crippen molar-refractivity contribution in [3.05, 3.63) is 59.2 Å². The van der Waals surface area contributed by atoms with Gasteiger partial charge in [0.2, 0.25) is 10.0 Å². The van der Waals surface area contributed by atoms with Crippen LogP contribution in [0.4, 0.5) is 11.4 Å². The first kappa shape index (κ1) is 20.0. The summed E-state index contributed by atoms with van der Waals surface area (Å²) in [5.41, 5.74) is 3.64. The van der Waals surface area contributed by atoms with Gasteiger partial charge in [-0.15, -0.1) is 0 Å². The number of amides is 1. The fourth-order valence-electron chi connectivity index (χ4n) is 2.42. The molecule has 0 saturated carbocycles. The van der Waals surface area contributed by atoms with Crippen molar-refractivity contribution in [1.29, 1.82) is 0 Å². The molecule has 0 spiro atoms. The van der Waals surface area contributed by atoms with Gasteiger partial charge >= 0.3 is 0 Å². The lowest BCUT2D eigenvalue weighted by atomic mass is 9.87. The Morgan fingerprint density at radius 2 is 1.65 bits per heavy atom. The van der Waals surface area contributed by atoms with Crippen molar-refractivity contribution < 1.29 is 13.2 Å². The first-order valence-electron chi connectivity index (χ1n) is 8.55. The molecule has 0 fully saturated rings. The maximum Gasteiger partial charge on any atom is 0.255 e. The number of hydrogen-bond acceptors (Lipinski definition) is 3. The Kier molecular flexibility index (Phi) is 5.76. The maximum absolute atomic E-state index is 12.4. The molecule has 0 saturated heterocycles. The number of hydrogen-bond donors (Lipinski definition) is 2. The van der Waals surface area contributed by atoms with Gasteiger partial charge in [-0.25, -0.2) is 8.42 Å². The Morgan fingerprint density at radius 3 is 2.15 bits per heavy atom. The second-order valence-corrected chi connectivity index (χ2v) is 9.33. The summed E-state index contributed by atoms with van der Waals surface area (Å²) in [6, 6.07) is 12.6. The lowest BCUT2D eigenvalue weighted by molar-refractivity contribution is 0.102. The van der Waals surface area contributed by atoms with Gasteiger partial charge in [0.05, 0.1) is 11.4 Å². The molecular weight excluding hydrogens is 348 g/mol. The minimum absolute atomic E-state index is 0.00941. The van der Waals surface area contributed by atoms with E-state index in [-0.39, 0.29) is 17.1 Å². The first-order valence-corrected chi connectivity index (χ1v) is 10.2. The van der Waals surface area contributed by atoms with Crippen LogP contribution in [0.5, 0.6) is 0 Å². The molecule has 140 valence electrons. The highest BCUT2D eigenvalue weighted by molar-refractivity contribution is 7.92. The first-order chi connectivity index (χ1) is 12.0. The van der Waals surface area contributed by atoms with E-state index in [9.17, 15) is 13.2 Å². The number of carbonyl (C=O) groups is 1. The zero-order valence-corrected chi connectivity index (χ0v) is 16.7. The molecule has 2 N–H and O–H groups in total. The Morgan fingerprint density at radius 1 is 1.04 bits per heavy atom. The van der Waals surface area contributed by atoms with Gasteiger partial charge in [-0.05, 0) is 60.7 Å². The predicted molar refractivity (Wildman–Crippen MR) is 107 cm³/mol. The van der Waals surface area contributed by atoms with Crippen LogP contribution in [0.3, 0.4) is 0 Å². The molecule has 26 heavy (non-hydrogen) atoms. The highest BCUT2D eigenvalue weighted by Crippen LogP contribution is 2.24. The minimum Gasteiger partial charge on any atom is -0.322 e. The van der Waals surface area contributed by atoms with E-state index in [1.54, 1.807) is 32.0 Å². The second-order valence-electron chi connectivity index (χ2n) is 7.32. The van der Waals surface area contributed by atoms with Crippen LogP contribution in [0.1, 0.15) is 49.2 Å². The molecule has 0 unspecified atom stereocenters. The summed E-state index contributed by atoms with van der Waals surface area (Å²) in [5, 5.41) is 2.85. The fourth-order valence-corrected chi connectivity index (χ4v) is 3.13. The Balaban J connectivity index is 2.13. The Hall–Kier alpha value is -2.34. The third-order valence-electron chi connectivity index (χ3n) is 4.14. The molecule has 0 heterocycles. The Bertz CT molecular complexity index is 896. The molecule has 0 radical (unpaired) electrons. The van der Waals surface area contributed by atoms with Crippen LogP contribution in [0.2, 0.25) is 0 Å². The largest absolute Gasteiger partial charge is 0.322 e. The van der Waals surface area contributed by atoms with Gasteiger partial charge in [0.25, 0.3) is 5.91 Å².